The molecule has 0 bridgehead atoms. The van der Waals surface area contributed by atoms with Crippen molar-refractivity contribution >= 4 is 33.8 Å². The van der Waals surface area contributed by atoms with Crippen LogP contribution in [0.2, 0.25) is 0 Å². The first-order valence-electron chi connectivity index (χ1n) is 9.85. The molecule has 1 amide bonds. The second-order valence-corrected chi connectivity index (χ2v) is 7.87. The van der Waals surface area contributed by atoms with Crippen molar-refractivity contribution in [2.45, 2.75) is 0 Å². The number of nitrogens with one attached hydrogen (secondary N) is 2. The lowest BCUT2D eigenvalue weighted by atomic mass is 10.1. The highest BCUT2D eigenvalue weighted by Crippen LogP contribution is 2.35. The second kappa shape index (κ2) is 8.49. The molecule has 2 N–H and O–H groups in total. The fourth-order valence-corrected chi connectivity index (χ4v) is 4.18. The number of hydrogen-bond donors (Lipinski definition) is 2. The molecule has 0 spiro atoms. The number of fused-ring (bicyclic) bond motifs is 1. The average Bonchev–Trinajstić information content (AvgIpc) is 3.24. The number of nitrogens with zero attached hydrogens (tertiary/aromatic N) is 1. The SMILES string of the molecule is O=C(Nc1ccc2c(c1)OCCO2)c1sc(Nc2ccccc2)nc1-c1ccccc1. The lowest BCUT2D eigenvalue weighted by molar-refractivity contribution is 0.103. The van der Waals surface area contributed by atoms with Gasteiger partial charge in [-0.1, -0.05) is 59.9 Å². The molecule has 0 radical (unpaired) electrons. The Labute approximate surface area is 183 Å². The monoisotopic (exact) mass is 429 g/mol. The second-order valence-electron chi connectivity index (χ2n) is 6.87. The van der Waals surface area contributed by atoms with Crippen molar-refractivity contribution in [2.75, 3.05) is 23.8 Å². The van der Waals surface area contributed by atoms with Gasteiger partial charge in [-0.2, -0.15) is 0 Å². The fraction of sp³-hybridized carbons (Fsp3) is 0.0833. The molecule has 7 heteroatoms. The van der Waals surface area contributed by atoms with Crippen molar-refractivity contribution in [1.29, 1.82) is 0 Å². The van der Waals surface area contributed by atoms with Crippen LogP contribution >= 0.6 is 11.3 Å². The molecule has 31 heavy (non-hydrogen) atoms. The Kier molecular flexibility index (Phi) is 5.24. The number of thiazole rings is 1. The number of aromatic nitrogens is 1. The van der Waals surface area contributed by atoms with Crippen LogP contribution in [0.25, 0.3) is 11.3 Å². The van der Waals surface area contributed by atoms with E-state index in [0.29, 0.717) is 46.1 Å². The molecule has 1 aromatic heterocycles. The van der Waals surface area contributed by atoms with Gasteiger partial charge in [0.25, 0.3) is 5.91 Å². The van der Waals surface area contributed by atoms with Gasteiger partial charge in [-0.15, -0.1) is 0 Å². The third-order valence-electron chi connectivity index (χ3n) is 4.71. The Morgan fingerprint density at radius 2 is 1.55 bits per heavy atom. The predicted molar refractivity (Wildman–Crippen MR) is 123 cm³/mol. The summed E-state index contributed by atoms with van der Waals surface area (Å²) in [7, 11) is 0. The van der Waals surface area contributed by atoms with E-state index in [2.05, 4.69) is 10.6 Å². The molecule has 0 atom stereocenters. The number of rotatable bonds is 5. The zero-order valence-corrected chi connectivity index (χ0v) is 17.3. The molecule has 0 saturated carbocycles. The molecule has 0 fully saturated rings. The number of hydrogen-bond acceptors (Lipinski definition) is 6. The van der Waals surface area contributed by atoms with Gasteiger partial charge in [-0.05, 0) is 24.3 Å². The molecule has 2 heterocycles. The lowest BCUT2D eigenvalue weighted by Crippen LogP contribution is -2.16. The van der Waals surface area contributed by atoms with Gasteiger partial charge in [0.2, 0.25) is 0 Å². The van der Waals surface area contributed by atoms with Crippen molar-refractivity contribution in [1.82, 2.24) is 4.98 Å². The molecule has 0 unspecified atom stereocenters. The van der Waals surface area contributed by atoms with Gasteiger partial charge < -0.3 is 20.1 Å². The first-order chi connectivity index (χ1) is 15.3. The molecule has 0 aliphatic carbocycles. The van der Waals surface area contributed by atoms with E-state index in [0.717, 1.165) is 11.3 Å². The minimum absolute atomic E-state index is 0.228. The molecule has 4 aromatic rings. The third kappa shape index (κ3) is 4.22. The van der Waals surface area contributed by atoms with E-state index in [1.807, 2.05) is 60.7 Å². The van der Waals surface area contributed by atoms with Crippen LogP contribution in [0.15, 0.2) is 78.9 Å². The van der Waals surface area contributed by atoms with Gasteiger partial charge in [-0.25, -0.2) is 4.98 Å². The smallest absolute Gasteiger partial charge is 0.268 e. The first kappa shape index (κ1) is 19.1. The van der Waals surface area contributed by atoms with E-state index in [1.165, 1.54) is 11.3 Å². The van der Waals surface area contributed by atoms with Crippen LogP contribution in [0.3, 0.4) is 0 Å². The Morgan fingerprint density at radius 3 is 2.32 bits per heavy atom. The number of anilines is 3. The van der Waals surface area contributed by atoms with Gasteiger partial charge in [0.15, 0.2) is 16.6 Å². The summed E-state index contributed by atoms with van der Waals surface area (Å²) in [6.07, 6.45) is 0. The maximum Gasteiger partial charge on any atom is 0.268 e. The van der Waals surface area contributed by atoms with E-state index in [-0.39, 0.29) is 5.91 Å². The van der Waals surface area contributed by atoms with Gasteiger partial charge in [0, 0.05) is 23.0 Å². The van der Waals surface area contributed by atoms with Gasteiger partial charge >= 0.3 is 0 Å². The van der Waals surface area contributed by atoms with E-state index in [1.54, 1.807) is 18.2 Å². The summed E-state index contributed by atoms with van der Waals surface area (Å²) >= 11 is 1.32. The van der Waals surface area contributed by atoms with Crippen molar-refractivity contribution in [3.05, 3.63) is 83.7 Å². The summed E-state index contributed by atoms with van der Waals surface area (Å²) < 4.78 is 11.2. The predicted octanol–water partition coefficient (Wildman–Crippen LogP) is 5.58. The van der Waals surface area contributed by atoms with Crippen LogP contribution in [-0.4, -0.2) is 24.1 Å². The number of para-hydroxylation sites is 1. The fourth-order valence-electron chi connectivity index (χ4n) is 3.27. The Morgan fingerprint density at radius 1 is 0.839 bits per heavy atom. The van der Waals surface area contributed by atoms with Crippen LogP contribution < -0.4 is 20.1 Å². The maximum absolute atomic E-state index is 13.2. The molecule has 154 valence electrons. The standard InChI is InChI=1S/C24H19N3O3S/c28-23(25-18-11-12-19-20(15-18)30-14-13-29-19)22-21(16-7-3-1-4-8-16)27-24(31-22)26-17-9-5-2-6-10-17/h1-12,15H,13-14H2,(H,25,28)(H,26,27). The normalized spacial score (nSPS) is 12.3. The first-order valence-corrected chi connectivity index (χ1v) is 10.7. The van der Waals surface area contributed by atoms with Gasteiger partial charge in [-0.3, -0.25) is 4.79 Å². The average molecular weight is 430 g/mol. The quantitative estimate of drug-likeness (QED) is 0.433. The Bertz CT molecular complexity index is 1210. The molecule has 5 rings (SSSR count). The zero-order chi connectivity index (χ0) is 21.0. The molecule has 6 nitrogen and oxygen atoms in total. The summed E-state index contributed by atoms with van der Waals surface area (Å²) in [6, 6.07) is 24.8. The van der Waals surface area contributed by atoms with Crippen LogP contribution in [0, 0.1) is 0 Å². The van der Waals surface area contributed by atoms with Gasteiger partial charge in [0.1, 0.15) is 18.1 Å². The lowest BCUT2D eigenvalue weighted by Gasteiger charge is -2.19. The summed E-state index contributed by atoms with van der Waals surface area (Å²) in [6.45, 7) is 1.02. The summed E-state index contributed by atoms with van der Waals surface area (Å²) in [5, 5.41) is 6.90. The molecule has 0 saturated heterocycles. The molecule has 1 aliphatic heterocycles. The highest BCUT2D eigenvalue weighted by molar-refractivity contribution is 7.18. The van der Waals surface area contributed by atoms with E-state index in [4.69, 9.17) is 14.5 Å². The van der Waals surface area contributed by atoms with E-state index >= 15 is 0 Å². The minimum atomic E-state index is -0.228. The van der Waals surface area contributed by atoms with Crippen LogP contribution in [0.1, 0.15) is 9.67 Å². The summed E-state index contributed by atoms with van der Waals surface area (Å²) in [5.74, 6) is 1.08. The van der Waals surface area contributed by atoms with Crippen molar-refractivity contribution in [2.24, 2.45) is 0 Å². The van der Waals surface area contributed by atoms with E-state index < -0.39 is 0 Å². The van der Waals surface area contributed by atoms with Crippen LogP contribution in [0.4, 0.5) is 16.5 Å². The zero-order valence-electron chi connectivity index (χ0n) is 16.5. The van der Waals surface area contributed by atoms with Crippen molar-refractivity contribution in [3.8, 4) is 22.8 Å². The van der Waals surface area contributed by atoms with Gasteiger partial charge in [0.05, 0.1) is 5.69 Å². The number of benzene rings is 3. The Balaban J connectivity index is 1.46. The topological polar surface area (TPSA) is 72.5 Å². The highest BCUT2D eigenvalue weighted by Gasteiger charge is 2.21. The van der Waals surface area contributed by atoms with Crippen molar-refractivity contribution < 1.29 is 14.3 Å². The highest BCUT2D eigenvalue weighted by atomic mass is 32.1. The van der Waals surface area contributed by atoms with Crippen molar-refractivity contribution in [3.63, 3.8) is 0 Å². The molecular weight excluding hydrogens is 410 g/mol. The summed E-state index contributed by atoms with van der Waals surface area (Å²) in [5.41, 5.74) is 3.07. The number of carbonyl (C=O) groups excluding carboxylic acids is 1. The largest absolute Gasteiger partial charge is 0.486 e. The molecular formula is C24H19N3O3S. The molecule has 3 aromatic carbocycles. The maximum atomic E-state index is 13.2. The number of ether oxygens (including phenoxy) is 2. The van der Waals surface area contributed by atoms with Crippen LogP contribution in [0.5, 0.6) is 11.5 Å². The molecule has 1 aliphatic rings. The number of amides is 1. The summed E-state index contributed by atoms with van der Waals surface area (Å²) in [4.78, 5) is 18.4. The van der Waals surface area contributed by atoms with E-state index in [9.17, 15) is 4.79 Å². The van der Waals surface area contributed by atoms with Crippen LogP contribution in [-0.2, 0) is 0 Å². The minimum Gasteiger partial charge on any atom is -0.486 e. The number of carbonyl (C=O) groups is 1. The third-order valence-corrected chi connectivity index (χ3v) is 5.68. The Hall–Kier alpha value is -3.84.